The maximum absolute atomic E-state index is 12.4. The quantitative estimate of drug-likeness (QED) is 0.842. The van der Waals surface area contributed by atoms with E-state index in [0.29, 0.717) is 37.4 Å². The van der Waals surface area contributed by atoms with Gasteiger partial charge in [0.05, 0.1) is 39.2 Å². The van der Waals surface area contributed by atoms with E-state index in [4.69, 9.17) is 14.0 Å². The summed E-state index contributed by atoms with van der Waals surface area (Å²) in [6.45, 7) is 5.78. The molecule has 6 heteroatoms. The standard InChI is InChI=1S/C17H24N2O4/c20-17(19-4-2-6-23-19)7-13-11-21-12-14-8-18(10-16(13)14)9-15-3-1-5-22-15/h1,3,5,13-14,16H,2,4,6-12H2/t13-,14-,16+/m1/s1. The summed E-state index contributed by atoms with van der Waals surface area (Å²) >= 11 is 0. The van der Waals surface area contributed by atoms with E-state index in [2.05, 4.69) is 4.90 Å². The molecule has 0 N–H and O–H groups in total. The molecule has 3 aliphatic heterocycles. The molecule has 4 heterocycles. The van der Waals surface area contributed by atoms with Crippen molar-refractivity contribution in [3.05, 3.63) is 24.2 Å². The predicted octanol–water partition coefficient (Wildman–Crippen LogP) is 1.53. The third kappa shape index (κ3) is 3.29. The summed E-state index contributed by atoms with van der Waals surface area (Å²) in [5, 5.41) is 1.54. The minimum absolute atomic E-state index is 0.112. The first kappa shape index (κ1) is 15.2. The highest BCUT2D eigenvalue weighted by Gasteiger charge is 2.42. The topological polar surface area (TPSA) is 55.2 Å². The Morgan fingerprint density at radius 2 is 2.26 bits per heavy atom. The highest BCUT2D eigenvalue weighted by molar-refractivity contribution is 5.75. The molecule has 3 aliphatic rings. The number of fused-ring (bicyclic) bond motifs is 1. The summed E-state index contributed by atoms with van der Waals surface area (Å²) < 4.78 is 11.2. The highest BCUT2D eigenvalue weighted by atomic mass is 16.7. The van der Waals surface area contributed by atoms with Crippen molar-refractivity contribution in [2.45, 2.75) is 19.4 Å². The molecule has 0 radical (unpaired) electrons. The lowest BCUT2D eigenvalue weighted by Gasteiger charge is -2.33. The van der Waals surface area contributed by atoms with Crippen molar-refractivity contribution in [3.8, 4) is 0 Å². The molecule has 23 heavy (non-hydrogen) atoms. The van der Waals surface area contributed by atoms with Gasteiger partial charge in [-0.15, -0.1) is 0 Å². The van der Waals surface area contributed by atoms with Crippen LogP contribution in [0.3, 0.4) is 0 Å². The van der Waals surface area contributed by atoms with Gasteiger partial charge >= 0.3 is 0 Å². The zero-order valence-corrected chi connectivity index (χ0v) is 13.4. The number of carbonyl (C=O) groups is 1. The van der Waals surface area contributed by atoms with Crippen molar-refractivity contribution >= 4 is 5.91 Å². The average Bonchev–Trinajstić information content (AvgIpc) is 3.29. The molecule has 6 nitrogen and oxygen atoms in total. The van der Waals surface area contributed by atoms with Gasteiger partial charge in [0.2, 0.25) is 5.91 Å². The van der Waals surface area contributed by atoms with E-state index in [1.807, 2.05) is 12.1 Å². The molecule has 0 spiro atoms. The Balaban J connectivity index is 1.36. The number of nitrogens with zero attached hydrogens (tertiary/aromatic N) is 2. The Labute approximate surface area is 136 Å². The Bertz CT molecular complexity index is 527. The molecule has 0 bridgehead atoms. The number of rotatable bonds is 4. The van der Waals surface area contributed by atoms with Crippen LogP contribution in [0.15, 0.2) is 22.8 Å². The molecular weight excluding hydrogens is 296 g/mol. The second-order valence-electron chi connectivity index (χ2n) is 6.88. The zero-order chi connectivity index (χ0) is 15.6. The van der Waals surface area contributed by atoms with E-state index in [1.54, 1.807) is 11.3 Å². The van der Waals surface area contributed by atoms with Crippen LogP contribution in [0.4, 0.5) is 0 Å². The minimum atomic E-state index is 0.112. The van der Waals surface area contributed by atoms with E-state index in [9.17, 15) is 4.79 Å². The number of hydroxylamine groups is 2. The molecule has 3 atom stereocenters. The van der Waals surface area contributed by atoms with Crippen molar-refractivity contribution in [2.24, 2.45) is 17.8 Å². The SMILES string of the molecule is O=C(C[C@@H]1COC[C@H]2CN(Cc3ccco3)C[C@@H]12)N1CCCO1. The van der Waals surface area contributed by atoms with Crippen molar-refractivity contribution in [3.63, 3.8) is 0 Å². The molecular formula is C17H24N2O4. The summed E-state index contributed by atoms with van der Waals surface area (Å²) in [6.07, 6.45) is 3.20. The maximum atomic E-state index is 12.4. The lowest BCUT2D eigenvalue weighted by Crippen LogP contribution is -2.38. The maximum Gasteiger partial charge on any atom is 0.246 e. The summed E-state index contributed by atoms with van der Waals surface area (Å²) in [6, 6.07) is 3.95. The number of ether oxygens (including phenoxy) is 1. The van der Waals surface area contributed by atoms with Crippen LogP contribution >= 0.6 is 0 Å². The second kappa shape index (κ2) is 6.63. The largest absolute Gasteiger partial charge is 0.468 e. The van der Waals surface area contributed by atoms with E-state index in [-0.39, 0.29) is 5.91 Å². The average molecular weight is 320 g/mol. The summed E-state index contributed by atoms with van der Waals surface area (Å²) in [4.78, 5) is 20.2. The normalized spacial score (nSPS) is 31.5. The van der Waals surface area contributed by atoms with Crippen LogP contribution in [0.1, 0.15) is 18.6 Å². The van der Waals surface area contributed by atoms with Crippen LogP contribution in [0, 0.1) is 17.8 Å². The number of carbonyl (C=O) groups excluding carboxylic acids is 1. The van der Waals surface area contributed by atoms with E-state index in [1.165, 1.54) is 0 Å². The zero-order valence-electron chi connectivity index (χ0n) is 13.4. The number of hydrogen-bond donors (Lipinski definition) is 0. The number of amides is 1. The molecule has 0 aromatic carbocycles. The van der Waals surface area contributed by atoms with Crippen LogP contribution < -0.4 is 0 Å². The molecule has 0 aliphatic carbocycles. The van der Waals surface area contributed by atoms with Gasteiger partial charge in [-0.25, -0.2) is 5.06 Å². The Morgan fingerprint density at radius 3 is 3.04 bits per heavy atom. The van der Waals surface area contributed by atoms with Crippen molar-refractivity contribution in [1.29, 1.82) is 0 Å². The number of furan rings is 1. The summed E-state index contributed by atoms with van der Waals surface area (Å²) in [5.74, 6) is 2.47. The lowest BCUT2D eigenvalue weighted by atomic mass is 9.81. The fourth-order valence-electron chi connectivity index (χ4n) is 4.13. The second-order valence-corrected chi connectivity index (χ2v) is 6.88. The molecule has 4 rings (SSSR count). The van der Waals surface area contributed by atoms with E-state index >= 15 is 0 Å². The van der Waals surface area contributed by atoms with Crippen molar-refractivity contribution in [2.75, 3.05) is 39.5 Å². The highest BCUT2D eigenvalue weighted by Crippen LogP contribution is 2.36. The fourth-order valence-corrected chi connectivity index (χ4v) is 4.13. The molecule has 3 saturated heterocycles. The third-order valence-corrected chi connectivity index (χ3v) is 5.26. The van der Waals surface area contributed by atoms with Crippen LogP contribution in [-0.4, -0.2) is 55.3 Å². The van der Waals surface area contributed by atoms with E-state index in [0.717, 1.165) is 45.0 Å². The van der Waals surface area contributed by atoms with Gasteiger partial charge in [0, 0.05) is 19.5 Å². The van der Waals surface area contributed by atoms with Crippen molar-refractivity contribution < 1.29 is 18.8 Å². The lowest BCUT2D eigenvalue weighted by molar-refractivity contribution is -0.171. The molecule has 1 amide bonds. The molecule has 0 saturated carbocycles. The minimum Gasteiger partial charge on any atom is -0.468 e. The van der Waals surface area contributed by atoms with Crippen LogP contribution in [0.25, 0.3) is 0 Å². The first-order chi connectivity index (χ1) is 11.3. The van der Waals surface area contributed by atoms with Gasteiger partial charge in [0.1, 0.15) is 5.76 Å². The van der Waals surface area contributed by atoms with Gasteiger partial charge < -0.3 is 9.15 Å². The first-order valence-electron chi connectivity index (χ1n) is 8.55. The predicted molar refractivity (Wildman–Crippen MR) is 82.2 cm³/mol. The van der Waals surface area contributed by atoms with Crippen molar-refractivity contribution in [1.82, 2.24) is 9.96 Å². The number of hydrogen-bond acceptors (Lipinski definition) is 5. The first-order valence-corrected chi connectivity index (χ1v) is 8.55. The van der Waals surface area contributed by atoms with Crippen LogP contribution in [0.5, 0.6) is 0 Å². The Morgan fingerprint density at radius 1 is 1.30 bits per heavy atom. The van der Waals surface area contributed by atoms with Gasteiger partial charge in [-0.3, -0.25) is 14.5 Å². The van der Waals surface area contributed by atoms with Crippen LogP contribution in [0.2, 0.25) is 0 Å². The molecule has 0 unspecified atom stereocenters. The molecule has 3 fully saturated rings. The Hall–Kier alpha value is -1.37. The monoisotopic (exact) mass is 320 g/mol. The van der Waals surface area contributed by atoms with Crippen LogP contribution in [-0.2, 0) is 20.9 Å². The Kier molecular flexibility index (Phi) is 4.37. The molecule has 126 valence electrons. The van der Waals surface area contributed by atoms with E-state index < -0.39 is 0 Å². The summed E-state index contributed by atoms with van der Waals surface area (Å²) in [5.41, 5.74) is 0. The third-order valence-electron chi connectivity index (χ3n) is 5.26. The molecule has 1 aromatic heterocycles. The van der Waals surface area contributed by atoms with Gasteiger partial charge in [0.25, 0.3) is 0 Å². The van der Waals surface area contributed by atoms with Gasteiger partial charge in [-0.05, 0) is 36.3 Å². The fraction of sp³-hybridized carbons (Fsp3) is 0.706. The van der Waals surface area contributed by atoms with Gasteiger partial charge in [-0.1, -0.05) is 0 Å². The van der Waals surface area contributed by atoms with Gasteiger partial charge in [0.15, 0.2) is 0 Å². The smallest absolute Gasteiger partial charge is 0.246 e. The molecule has 1 aromatic rings. The van der Waals surface area contributed by atoms with Gasteiger partial charge in [-0.2, -0.15) is 0 Å². The number of likely N-dealkylation sites (tertiary alicyclic amines) is 1. The summed E-state index contributed by atoms with van der Waals surface area (Å²) in [7, 11) is 0.